The van der Waals surface area contributed by atoms with Crippen LogP contribution >= 0.6 is 0 Å². The van der Waals surface area contributed by atoms with Crippen molar-refractivity contribution in [1.29, 1.82) is 0 Å². The van der Waals surface area contributed by atoms with Gasteiger partial charge in [0.2, 0.25) is 5.84 Å². The van der Waals surface area contributed by atoms with E-state index in [9.17, 15) is 10.0 Å². The number of nitrogens with zero attached hydrogens (tertiary/aromatic N) is 2. The number of carbonyl (C=O) groups is 1. The van der Waals surface area contributed by atoms with Gasteiger partial charge in [0.05, 0.1) is 6.54 Å². The van der Waals surface area contributed by atoms with Crippen LogP contribution in [0.3, 0.4) is 0 Å². The number of unbranched alkanes of at least 4 members (excludes halogenated alkanes) is 9. The van der Waals surface area contributed by atoms with E-state index in [0.29, 0.717) is 18.9 Å². The number of likely N-dealkylation sites (N-methyl/N-ethyl adjacent to an activating group) is 1. The van der Waals surface area contributed by atoms with Crippen molar-refractivity contribution in [1.82, 2.24) is 0 Å². The van der Waals surface area contributed by atoms with Crippen LogP contribution in [0.25, 0.3) is 0 Å². The summed E-state index contributed by atoms with van der Waals surface area (Å²) in [6, 6.07) is 0.0193. The largest absolute Gasteiger partial charge is 0.626 e. The van der Waals surface area contributed by atoms with Crippen LogP contribution in [0.5, 0.6) is 0 Å². The van der Waals surface area contributed by atoms with Crippen LogP contribution in [0.2, 0.25) is 0 Å². The number of hydrogen-bond donors (Lipinski definition) is 1. The summed E-state index contributed by atoms with van der Waals surface area (Å²) in [7, 11) is 0. The van der Waals surface area contributed by atoms with Gasteiger partial charge >= 0.3 is 5.97 Å². The summed E-state index contributed by atoms with van der Waals surface area (Å²) in [6.45, 7) is 4.86. The standard InChI is InChI=1S/C19H36N2O3/c1-3-5-6-7-8-9-10-11-12-13-14-17-16-21(24,4-2)18(20-17)15-19(22)23/h17H,3-16H2,1-2H3,(H,22,23). The molecule has 1 N–H and O–H groups in total. The van der Waals surface area contributed by atoms with Crippen molar-refractivity contribution in [3.05, 3.63) is 5.21 Å². The van der Waals surface area contributed by atoms with Crippen LogP contribution in [0.4, 0.5) is 0 Å². The van der Waals surface area contributed by atoms with Crippen molar-refractivity contribution in [2.75, 3.05) is 13.1 Å². The third-order valence-corrected chi connectivity index (χ3v) is 5.02. The Bertz CT molecular complexity index is 398. The zero-order chi connectivity index (χ0) is 17.8. The van der Waals surface area contributed by atoms with E-state index in [-0.39, 0.29) is 12.5 Å². The van der Waals surface area contributed by atoms with E-state index in [4.69, 9.17) is 5.11 Å². The zero-order valence-corrected chi connectivity index (χ0v) is 15.6. The number of carboxylic acid groups (broad SMARTS) is 1. The van der Waals surface area contributed by atoms with Crippen molar-refractivity contribution in [2.24, 2.45) is 4.99 Å². The molecule has 0 aromatic heterocycles. The lowest BCUT2D eigenvalue weighted by Crippen LogP contribution is -2.46. The average Bonchev–Trinajstić information content (AvgIpc) is 2.85. The number of amidine groups is 1. The maximum Gasteiger partial charge on any atom is 0.315 e. The molecule has 5 nitrogen and oxygen atoms in total. The fourth-order valence-electron chi connectivity index (χ4n) is 3.46. The van der Waals surface area contributed by atoms with Crippen molar-refractivity contribution >= 4 is 11.8 Å². The van der Waals surface area contributed by atoms with E-state index in [2.05, 4.69) is 11.9 Å². The minimum absolute atomic E-state index is 0.0193. The second-order valence-corrected chi connectivity index (χ2v) is 7.13. The van der Waals surface area contributed by atoms with Gasteiger partial charge in [0.25, 0.3) is 0 Å². The van der Waals surface area contributed by atoms with Crippen molar-refractivity contribution in [2.45, 2.75) is 96.9 Å². The zero-order valence-electron chi connectivity index (χ0n) is 15.6. The topological polar surface area (TPSA) is 72.7 Å². The third-order valence-electron chi connectivity index (χ3n) is 5.02. The smallest absolute Gasteiger partial charge is 0.315 e. The summed E-state index contributed by atoms with van der Waals surface area (Å²) in [5, 5.41) is 21.5. The summed E-state index contributed by atoms with van der Waals surface area (Å²) in [5.41, 5.74) is 0. The highest BCUT2D eigenvalue weighted by atomic mass is 16.5. The highest BCUT2D eigenvalue weighted by Gasteiger charge is 2.35. The second kappa shape index (κ2) is 11.6. The monoisotopic (exact) mass is 340 g/mol. The fraction of sp³-hybridized carbons (Fsp3) is 0.895. The number of hydroxylamine groups is 3. The summed E-state index contributed by atoms with van der Waals surface area (Å²) < 4.78 is -0.533. The Hall–Kier alpha value is -0.940. The minimum atomic E-state index is -0.958. The molecule has 0 aliphatic carbocycles. The minimum Gasteiger partial charge on any atom is -0.626 e. The number of rotatable bonds is 14. The molecule has 0 aromatic carbocycles. The predicted molar refractivity (Wildman–Crippen MR) is 99.0 cm³/mol. The van der Waals surface area contributed by atoms with Crippen LogP contribution in [0.15, 0.2) is 4.99 Å². The van der Waals surface area contributed by atoms with Crippen LogP contribution in [-0.4, -0.2) is 40.7 Å². The van der Waals surface area contributed by atoms with Gasteiger partial charge in [-0.1, -0.05) is 71.1 Å². The molecule has 0 radical (unpaired) electrons. The molecule has 1 aliphatic rings. The first-order chi connectivity index (χ1) is 11.5. The molecule has 1 heterocycles. The molecule has 140 valence electrons. The van der Waals surface area contributed by atoms with Crippen molar-refractivity contribution in [3.63, 3.8) is 0 Å². The summed E-state index contributed by atoms with van der Waals surface area (Å²) in [6.07, 6.45) is 13.7. The SMILES string of the molecule is CCCCCCCCCCCCC1C[N+]([O-])(CC)C(CC(=O)O)=N1. The number of aliphatic carboxylic acids is 1. The normalized spacial score (nSPS) is 23.5. The molecule has 0 aromatic rings. The van der Waals surface area contributed by atoms with Crippen molar-refractivity contribution in [3.8, 4) is 0 Å². The van der Waals surface area contributed by atoms with Gasteiger partial charge in [0, 0.05) is 0 Å². The molecule has 1 aliphatic heterocycles. The molecule has 2 unspecified atom stereocenters. The second-order valence-electron chi connectivity index (χ2n) is 7.13. The van der Waals surface area contributed by atoms with Crippen LogP contribution in [0, 0.1) is 5.21 Å². The van der Waals surface area contributed by atoms with Gasteiger partial charge in [-0.15, -0.1) is 0 Å². The highest BCUT2D eigenvalue weighted by molar-refractivity contribution is 5.93. The number of carboxylic acids is 1. The Labute approximate surface area is 147 Å². The molecule has 0 saturated carbocycles. The summed E-state index contributed by atoms with van der Waals surface area (Å²) >= 11 is 0. The number of aliphatic imine (C=N–C) groups is 1. The number of hydrogen-bond acceptors (Lipinski definition) is 3. The van der Waals surface area contributed by atoms with E-state index in [0.717, 1.165) is 12.8 Å². The highest BCUT2D eigenvalue weighted by Crippen LogP contribution is 2.24. The van der Waals surface area contributed by atoms with Gasteiger partial charge < -0.3 is 15.0 Å². The Kier molecular flexibility index (Phi) is 10.2. The molecular weight excluding hydrogens is 304 g/mol. The first kappa shape index (κ1) is 21.1. The molecule has 0 spiro atoms. The van der Waals surface area contributed by atoms with Gasteiger partial charge in [0.1, 0.15) is 19.0 Å². The van der Waals surface area contributed by atoms with Gasteiger partial charge in [-0.3, -0.25) is 4.79 Å². The molecule has 5 heteroatoms. The van der Waals surface area contributed by atoms with E-state index in [1.54, 1.807) is 0 Å². The molecule has 0 amide bonds. The Balaban J connectivity index is 2.13. The summed E-state index contributed by atoms with van der Waals surface area (Å²) in [4.78, 5) is 15.3. The molecule has 24 heavy (non-hydrogen) atoms. The molecule has 0 fully saturated rings. The van der Waals surface area contributed by atoms with Gasteiger partial charge in [-0.2, -0.15) is 0 Å². The lowest BCUT2D eigenvalue weighted by molar-refractivity contribution is -0.783. The van der Waals surface area contributed by atoms with Gasteiger partial charge in [-0.25, -0.2) is 4.99 Å². The molecule has 0 bridgehead atoms. The van der Waals surface area contributed by atoms with Crippen LogP contribution in [-0.2, 0) is 4.79 Å². The Morgan fingerprint density at radius 2 is 1.62 bits per heavy atom. The van der Waals surface area contributed by atoms with Gasteiger partial charge in [-0.05, 0) is 13.3 Å². The van der Waals surface area contributed by atoms with Gasteiger partial charge in [0.15, 0.2) is 0 Å². The van der Waals surface area contributed by atoms with E-state index < -0.39 is 10.6 Å². The predicted octanol–water partition coefficient (Wildman–Crippen LogP) is 4.89. The molecule has 0 saturated heterocycles. The van der Waals surface area contributed by atoms with E-state index in [1.807, 2.05) is 6.92 Å². The third kappa shape index (κ3) is 7.75. The summed E-state index contributed by atoms with van der Waals surface area (Å²) in [5.74, 6) is -0.651. The molecular formula is C19H36N2O3. The first-order valence-corrected chi connectivity index (χ1v) is 9.89. The van der Waals surface area contributed by atoms with Crippen molar-refractivity contribution < 1.29 is 14.5 Å². The molecule has 1 rings (SSSR count). The van der Waals surface area contributed by atoms with E-state index >= 15 is 0 Å². The lowest BCUT2D eigenvalue weighted by Gasteiger charge is -2.37. The maximum atomic E-state index is 12.6. The quantitative estimate of drug-likeness (QED) is 0.278. The first-order valence-electron chi connectivity index (χ1n) is 9.89. The molecule has 2 atom stereocenters. The number of quaternary nitrogens is 1. The Morgan fingerprint density at radius 3 is 2.12 bits per heavy atom. The fourth-order valence-corrected chi connectivity index (χ4v) is 3.46. The van der Waals surface area contributed by atoms with E-state index in [1.165, 1.54) is 57.8 Å². The van der Waals surface area contributed by atoms with Crippen LogP contribution in [0.1, 0.15) is 90.9 Å². The maximum absolute atomic E-state index is 12.6. The lowest BCUT2D eigenvalue weighted by atomic mass is 10.0. The van der Waals surface area contributed by atoms with Crippen LogP contribution < -0.4 is 0 Å². The Morgan fingerprint density at radius 1 is 1.08 bits per heavy atom. The average molecular weight is 341 g/mol.